The maximum atomic E-state index is 12.6. The molecule has 0 amide bonds. The van der Waals surface area contributed by atoms with Crippen LogP contribution in [0.5, 0.6) is 0 Å². The highest BCUT2D eigenvalue weighted by atomic mass is 16.5. The average molecular weight is 323 g/mol. The smallest absolute Gasteiger partial charge is 0.340 e. The molecule has 0 bridgehead atoms. The molecule has 5 nitrogen and oxygen atoms in total. The summed E-state index contributed by atoms with van der Waals surface area (Å²) >= 11 is 0. The van der Waals surface area contributed by atoms with Crippen LogP contribution in [0.1, 0.15) is 63.8 Å². The first kappa shape index (κ1) is 14.9. The minimum atomic E-state index is -0.465. The third kappa shape index (κ3) is 2.12. The minimum Gasteiger partial charge on any atom is -0.453 e. The number of cyclic esters (lactones) is 1. The molecular formula is C19H17NO4. The van der Waals surface area contributed by atoms with E-state index in [1.165, 1.54) is 13.0 Å². The Labute approximate surface area is 138 Å². The highest BCUT2D eigenvalue weighted by Gasteiger charge is 2.41. The lowest BCUT2D eigenvalue weighted by atomic mass is 9.81. The molecule has 0 saturated heterocycles. The van der Waals surface area contributed by atoms with E-state index in [2.05, 4.69) is 0 Å². The number of aromatic nitrogens is 1. The van der Waals surface area contributed by atoms with E-state index in [-0.39, 0.29) is 28.9 Å². The van der Waals surface area contributed by atoms with Crippen LogP contribution in [0.15, 0.2) is 41.2 Å². The second-order valence-electron chi connectivity index (χ2n) is 6.36. The van der Waals surface area contributed by atoms with Crippen LogP contribution >= 0.6 is 0 Å². The Morgan fingerprint density at radius 1 is 1.21 bits per heavy atom. The number of Topliss-reactive ketones (excluding diaryl/α,β-unsaturated/α-hetero) is 1. The molecular weight excluding hydrogens is 306 g/mol. The van der Waals surface area contributed by atoms with Gasteiger partial charge in [0, 0.05) is 18.2 Å². The lowest BCUT2D eigenvalue weighted by Crippen LogP contribution is -2.39. The molecule has 0 spiro atoms. The first-order valence-corrected chi connectivity index (χ1v) is 8.12. The van der Waals surface area contributed by atoms with Crippen molar-refractivity contribution in [1.82, 2.24) is 4.57 Å². The van der Waals surface area contributed by atoms with Gasteiger partial charge in [-0.25, -0.2) is 4.79 Å². The van der Waals surface area contributed by atoms with Crippen molar-refractivity contribution in [2.75, 3.05) is 0 Å². The van der Waals surface area contributed by atoms with Gasteiger partial charge < -0.3 is 9.30 Å². The summed E-state index contributed by atoms with van der Waals surface area (Å²) in [6.07, 6.45) is 1.28. The summed E-state index contributed by atoms with van der Waals surface area (Å²) in [7, 11) is 0. The number of nitrogens with zero attached hydrogens (tertiary/aromatic N) is 1. The van der Waals surface area contributed by atoms with Gasteiger partial charge in [-0.15, -0.1) is 0 Å². The molecule has 0 fully saturated rings. The minimum absolute atomic E-state index is 0.0532. The standard InChI is InChI=1S/C19H17NO4/c1-11(21)14-10-15-16-13(8-5-9-20(16)18(14)22)17(24-19(15)23)12-6-3-2-4-7-12/h2-4,6-7,10,13,17H,5,8-9H2,1H3. The van der Waals surface area contributed by atoms with Crippen molar-refractivity contribution in [3.8, 4) is 0 Å². The topological polar surface area (TPSA) is 65.4 Å². The van der Waals surface area contributed by atoms with E-state index in [9.17, 15) is 14.4 Å². The Balaban J connectivity index is 1.94. The number of ether oxygens (including phenoxy) is 1. The predicted molar refractivity (Wildman–Crippen MR) is 87.3 cm³/mol. The molecule has 0 N–H and O–H groups in total. The molecule has 0 saturated carbocycles. The van der Waals surface area contributed by atoms with Gasteiger partial charge in [0.25, 0.3) is 5.56 Å². The lowest BCUT2D eigenvalue weighted by Gasteiger charge is -2.38. The van der Waals surface area contributed by atoms with E-state index in [1.54, 1.807) is 4.57 Å². The van der Waals surface area contributed by atoms with Crippen molar-refractivity contribution in [3.63, 3.8) is 0 Å². The quantitative estimate of drug-likeness (QED) is 0.630. The number of ketones is 1. The van der Waals surface area contributed by atoms with Gasteiger partial charge in [0.2, 0.25) is 0 Å². The summed E-state index contributed by atoms with van der Waals surface area (Å²) in [5.74, 6) is -0.845. The van der Waals surface area contributed by atoms with Crippen LogP contribution in [0, 0.1) is 0 Å². The summed E-state index contributed by atoms with van der Waals surface area (Å²) in [6.45, 7) is 1.88. The molecule has 122 valence electrons. The van der Waals surface area contributed by atoms with Gasteiger partial charge in [-0.3, -0.25) is 9.59 Å². The Morgan fingerprint density at radius 2 is 1.96 bits per heavy atom. The second kappa shape index (κ2) is 5.44. The maximum absolute atomic E-state index is 12.6. The highest BCUT2D eigenvalue weighted by Crippen LogP contribution is 2.44. The van der Waals surface area contributed by atoms with Crippen LogP contribution in [0.4, 0.5) is 0 Å². The number of esters is 1. The van der Waals surface area contributed by atoms with Crippen molar-refractivity contribution in [2.24, 2.45) is 0 Å². The SMILES string of the molecule is CC(=O)c1cc2c3n(c1=O)CCCC3C(c1ccccc1)OC2=O. The summed E-state index contributed by atoms with van der Waals surface area (Å²) in [5, 5.41) is 0. The van der Waals surface area contributed by atoms with Gasteiger partial charge in [-0.1, -0.05) is 30.3 Å². The Bertz CT molecular complexity index is 898. The Morgan fingerprint density at radius 3 is 2.67 bits per heavy atom. The van der Waals surface area contributed by atoms with Gasteiger partial charge in [-0.05, 0) is 31.4 Å². The lowest BCUT2D eigenvalue weighted by molar-refractivity contribution is 0.0119. The Kier molecular flexibility index (Phi) is 3.37. The number of carbonyl (C=O) groups is 2. The van der Waals surface area contributed by atoms with Crippen LogP contribution < -0.4 is 5.56 Å². The predicted octanol–water partition coefficient (Wildman–Crippen LogP) is 2.84. The molecule has 0 aliphatic carbocycles. The van der Waals surface area contributed by atoms with Crippen molar-refractivity contribution >= 4 is 11.8 Å². The number of pyridine rings is 1. The molecule has 5 heteroatoms. The normalized spacial score (nSPS) is 21.8. The fourth-order valence-electron chi connectivity index (χ4n) is 3.82. The monoisotopic (exact) mass is 323 g/mol. The van der Waals surface area contributed by atoms with Gasteiger partial charge in [-0.2, -0.15) is 0 Å². The molecule has 24 heavy (non-hydrogen) atoms. The zero-order valence-corrected chi connectivity index (χ0v) is 13.3. The van der Waals surface area contributed by atoms with Crippen molar-refractivity contribution in [1.29, 1.82) is 0 Å². The number of rotatable bonds is 2. The highest BCUT2D eigenvalue weighted by molar-refractivity contribution is 5.98. The van der Waals surface area contributed by atoms with Crippen LogP contribution in [0.3, 0.4) is 0 Å². The van der Waals surface area contributed by atoms with E-state index < -0.39 is 5.97 Å². The van der Waals surface area contributed by atoms with E-state index in [0.29, 0.717) is 12.1 Å². The summed E-state index contributed by atoms with van der Waals surface area (Å²) in [6, 6.07) is 11.0. The average Bonchev–Trinajstić information content (AvgIpc) is 2.60. The Hall–Kier alpha value is -2.69. The van der Waals surface area contributed by atoms with Gasteiger partial charge in [0.1, 0.15) is 6.10 Å². The van der Waals surface area contributed by atoms with Crippen LogP contribution in [0.25, 0.3) is 0 Å². The van der Waals surface area contributed by atoms with Gasteiger partial charge in [0.05, 0.1) is 11.1 Å². The van der Waals surface area contributed by atoms with Gasteiger partial charge in [0.15, 0.2) is 5.78 Å². The van der Waals surface area contributed by atoms with Crippen LogP contribution in [-0.2, 0) is 11.3 Å². The fraction of sp³-hybridized carbons (Fsp3) is 0.316. The zero-order valence-electron chi connectivity index (χ0n) is 13.3. The summed E-state index contributed by atoms with van der Waals surface area (Å²) in [4.78, 5) is 36.9. The maximum Gasteiger partial charge on any atom is 0.340 e. The van der Waals surface area contributed by atoms with Crippen molar-refractivity contribution in [3.05, 3.63) is 69.1 Å². The fourth-order valence-corrected chi connectivity index (χ4v) is 3.82. The molecule has 2 unspecified atom stereocenters. The van der Waals surface area contributed by atoms with Crippen LogP contribution in [-0.4, -0.2) is 16.3 Å². The number of hydrogen-bond donors (Lipinski definition) is 0. The third-order valence-electron chi connectivity index (χ3n) is 4.91. The summed E-state index contributed by atoms with van der Waals surface area (Å²) < 4.78 is 7.31. The summed E-state index contributed by atoms with van der Waals surface area (Å²) in [5.41, 5.74) is 1.77. The van der Waals surface area contributed by atoms with Gasteiger partial charge >= 0.3 is 5.97 Å². The number of carbonyl (C=O) groups excluding carboxylic acids is 2. The molecule has 1 aromatic carbocycles. The van der Waals surface area contributed by atoms with Crippen molar-refractivity contribution < 1.29 is 14.3 Å². The number of hydrogen-bond acceptors (Lipinski definition) is 4. The largest absolute Gasteiger partial charge is 0.453 e. The third-order valence-corrected chi connectivity index (χ3v) is 4.91. The first-order valence-electron chi connectivity index (χ1n) is 8.12. The van der Waals surface area contributed by atoms with Crippen molar-refractivity contribution in [2.45, 2.75) is 38.3 Å². The molecule has 2 atom stereocenters. The molecule has 2 aliphatic heterocycles. The molecule has 3 heterocycles. The van der Waals surface area contributed by atoms with E-state index in [0.717, 1.165) is 24.1 Å². The first-order chi connectivity index (χ1) is 11.6. The molecule has 2 aromatic rings. The zero-order chi connectivity index (χ0) is 16.8. The van der Waals surface area contributed by atoms with E-state index in [4.69, 9.17) is 4.74 Å². The molecule has 4 rings (SSSR count). The van der Waals surface area contributed by atoms with Crippen LogP contribution in [0.2, 0.25) is 0 Å². The number of benzene rings is 1. The van der Waals surface area contributed by atoms with E-state index >= 15 is 0 Å². The molecule has 2 aliphatic rings. The molecule has 1 aromatic heterocycles. The second-order valence-corrected chi connectivity index (χ2v) is 6.36. The molecule has 0 radical (unpaired) electrons. The van der Waals surface area contributed by atoms with E-state index in [1.807, 2.05) is 30.3 Å².